The molecule has 1 heterocycles. The van der Waals surface area contributed by atoms with Crippen molar-refractivity contribution in [2.24, 2.45) is 0 Å². The van der Waals surface area contributed by atoms with Crippen molar-refractivity contribution >= 4 is 22.1 Å². The van der Waals surface area contributed by atoms with Gasteiger partial charge in [-0.25, -0.2) is 4.98 Å². The number of rotatable bonds is 4. The third-order valence-electron chi connectivity index (χ3n) is 3.82. The number of aliphatic hydroxyl groups excluding tert-OH is 1. The van der Waals surface area contributed by atoms with Crippen LogP contribution < -0.4 is 0 Å². The molecule has 1 atom stereocenters. The molecule has 0 saturated carbocycles. The maximum Gasteiger partial charge on any atom is 0.0956 e. The Morgan fingerprint density at radius 3 is 2.57 bits per heavy atom. The number of aromatic nitrogens is 1. The highest BCUT2D eigenvalue weighted by atomic mass is 32.1. The van der Waals surface area contributed by atoms with Crippen LogP contribution in [0.5, 0.6) is 0 Å². The lowest BCUT2D eigenvalue weighted by Crippen LogP contribution is -2.14. The first-order valence-electron chi connectivity index (χ1n) is 7.21. The zero-order valence-electron chi connectivity index (χ0n) is 12.3. The molecule has 1 unspecified atom stereocenters. The number of hydrogen-bond acceptors (Lipinski definition) is 3. The van der Waals surface area contributed by atoms with Gasteiger partial charge in [-0.05, 0) is 36.6 Å². The lowest BCUT2D eigenvalue weighted by Gasteiger charge is -2.11. The topological polar surface area (TPSA) is 33.1 Å². The van der Waals surface area contributed by atoms with Gasteiger partial charge in [-0.3, -0.25) is 0 Å². The molecule has 1 N–H and O–H groups in total. The average molecular weight is 297 g/mol. The Hall–Kier alpha value is -1.71. The van der Waals surface area contributed by atoms with E-state index in [-0.39, 0.29) is 6.10 Å². The first-order chi connectivity index (χ1) is 10.1. The van der Waals surface area contributed by atoms with Crippen LogP contribution in [0.15, 0.2) is 42.5 Å². The highest BCUT2D eigenvalue weighted by molar-refractivity contribution is 7.11. The van der Waals surface area contributed by atoms with E-state index in [0.717, 1.165) is 10.7 Å². The second kappa shape index (κ2) is 5.96. The molecule has 0 bridgehead atoms. The van der Waals surface area contributed by atoms with E-state index in [9.17, 15) is 5.11 Å². The van der Waals surface area contributed by atoms with Gasteiger partial charge in [0.1, 0.15) is 0 Å². The van der Waals surface area contributed by atoms with Crippen LogP contribution in [0.2, 0.25) is 0 Å². The van der Waals surface area contributed by atoms with Crippen LogP contribution in [0, 0.1) is 13.8 Å². The number of aliphatic hydroxyl groups is 1. The summed E-state index contributed by atoms with van der Waals surface area (Å²) in [6.45, 7) is 4.10. The van der Waals surface area contributed by atoms with Crippen LogP contribution in [-0.2, 0) is 12.8 Å². The fraction of sp³-hybridized carbons (Fsp3) is 0.278. The Balaban J connectivity index is 1.78. The minimum atomic E-state index is -0.388. The third-order valence-corrected chi connectivity index (χ3v) is 4.91. The molecule has 2 aromatic carbocycles. The SMILES string of the molecule is Cc1nc(CC(O)Cc2cccc3ccccc23)sc1C. The summed E-state index contributed by atoms with van der Waals surface area (Å²) in [6, 6.07) is 14.6. The van der Waals surface area contributed by atoms with Crippen molar-refractivity contribution < 1.29 is 5.11 Å². The third kappa shape index (κ3) is 3.14. The van der Waals surface area contributed by atoms with Crippen molar-refractivity contribution in [1.29, 1.82) is 0 Å². The van der Waals surface area contributed by atoms with Gasteiger partial charge in [0.15, 0.2) is 0 Å². The van der Waals surface area contributed by atoms with Crippen LogP contribution in [0.3, 0.4) is 0 Å². The summed E-state index contributed by atoms with van der Waals surface area (Å²) in [7, 11) is 0. The number of nitrogens with zero attached hydrogens (tertiary/aromatic N) is 1. The molecule has 0 aliphatic rings. The van der Waals surface area contributed by atoms with E-state index in [0.29, 0.717) is 12.8 Å². The van der Waals surface area contributed by atoms with Crippen LogP contribution in [0.4, 0.5) is 0 Å². The quantitative estimate of drug-likeness (QED) is 0.788. The Morgan fingerprint density at radius 2 is 1.81 bits per heavy atom. The molecule has 0 fully saturated rings. The second-order valence-corrected chi connectivity index (χ2v) is 6.74. The first kappa shape index (κ1) is 14.2. The van der Waals surface area contributed by atoms with Gasteiger partial charge in [0.2, 0.25) is 0 Å². The smallest absolute Gasteiger partial charge is 0.0956 e. The molecule has 0 saturated heterocycles. The number of hydrogen-bond donors (Lipinski definition) is 1. The van der Waals surface area contributed by atoms with Crippen LogP contribution in [0.1, 0.15) is 21.1 Å². The lowest BCUT2D eigenvalue weighted by molar-refractivity contribution is 0.175. The predicted molar refractivity (Wildman–Crippen MR) is 89.0 cm³/mol. The molecule has 3 rings (SSSR count). The molecule has 0 aliphatic heterocycles. The van der Waals surface area contributed by atoms with Crippen molar-refractivity contribution in [3.63, 3.8) is 0 Å². The van der Waals surface area contributed by atoms with Crippen molar-refractivity contribution in [1.82, 2.24) is 4.98 Å². The van der Waals surface area contributed by atoms with Crippen LogP contribution in [-0.4, -0.2) is 16.2 Å². The average Bonchev–Trinajstić information content (AvgIpc) is 2.77. The monoisotopic (exact) mass is 297 g/mol. The highest BCUT2D eigenvalue weighted by Crippen LogP contribution is 2.22. The van der Waals surface area contributed by atoms with E-state index in [1.54, 1.807) is 11.3 Å². The Morgan fingerprint density at radius 1 is 1.05 bits per heavy atom. The highest BCUT2D eigenvalue weighted by Gasteiger charge is 2.12. The fourth-order valence-electron chi connectivity index (χ4n) is 2.62. The van der Waals surface area contributed by atoms with Gasteiger partial charge in [0.25, 0.3) is 0 Å². The summed E-state index contributed by atoms with van der Waals surface area (Å²) >= 11 is 1.69. The van der Waals surface area contributed by atoms with Gasteiger partial charge in [0, 0.05) is 11.3 Å². The van der Waals surface area contributed by atoms with Crippen LogP contribution >= 0.6 is 11.3 Å². The normalized spacial score (nSPS) is 12.7. The van der Waals surface area contributed by atoms with Gasteiger partial charge in [-0.1, -0.05) is 42.5 Å². The second-order valence-electron chi connectivity index (χ2n) is 5.45. The Bertz CT molecular complexity index is 738. The Labute approximate surface area is 129 Å². The Kier molecular flexibility index (Phi) is 4.04. The summed E-state index contributed by atoms with van der Waals surface area (Å²) in [6.07, 6.45) is 0.905. The van der Waals surface area contributed by atoms with Crippen LogP contribution in [0.25, 0.3) is 10.8 Å². The van der Waals surface area contributed by atoms with E-state index < -0.39 is 0 Å². The summed E-state index contributed by atoms with van der Waals surface area (Å²) in [5.41, 5.74) is 2.28. The van der Waals surface area contributed by atoms with Crippen molar-refractivity contribution in [2.45, 2.75) is 32.8 Å². The molecule has 108 valence electrons. The standard InChI is InChI=1S/C18H19NOS/c1-12-13(2)21-18(19-12)11-16(20)10-15-8-5-7-14-6-3-4-9-17(14)15/h3-9,16,20H,10-11H2,1-2H3. The van der Waals surface area contributed by atoms with Gasteiger partial charge in [0.05, 0.1) is 16.8 Å². The number of fused-ring (bicyclic) bond motifs is 1. The molecule has 21 heavy (non-hydrogen) atoms. The maximum atomic E-state index is 10.4. The molecule has 2 nitrogen and oxygen atoms in total. The zero-order chi connectivity index (χ0) is 14.8. The molecule has 0 aliphatic carbocycles. The van der Waals surface area contributed by atoms with Gasteiger partial charge in [-0.2, -0.15) is 0 Å². The first-order valence-corrected chi connectivity index (χ1v) is 8.03. The van der Waals surface area contributed by atoms with E-state index in [2.05, 4.69) is 42.2 Å². The molecule has 3 heteroatoms. The largest absolute Gasteiger partial charge is 0.392 e. The number of benzene rings is 2. The minimum Gasteiger partial charge on any atom is -0.392 e. The fourth-order valence-corrected chi connectivity index (χ4v) is 3.63. The summed E-state index contributed by atoms with van der Waals surface area (Å²) < 4.78 is 0. The molecule has 1 aromatic heterocycles. The van der Waals surface area contributed by atoms with Gasteiger partial charge in [-0.15, -0.1) is 11.3 Å². The van der Waals surface area contributed by atoms with E-state index >= 15 is 0 Å². The number of thiazole rings is 1. The maximum absolute atomic E-state index is 10.4. The van der Waals surface area contributed by atoms with Crippen molar-refractivity contribution in [2.75, 3.05) is 0 Å². The summed E-state index contributed by atoms with van der Waals surface area (Å²) in [5.74, 6) is 0. The molecular formula is C18H19NOS. The molecule has 3 aromatic rings. The molecule has 0 amide bonds. The minimum absolute atomic E-state index is 0.388. The number of aryl methyl sites for hydroxylation is 2. The van der Waals surface area contributed by atoms with Crippen molar-refractivity contribution in [3.8, 4) is 0 Å². The van der Waals surface area contributed by atoms with Crippen molar-refractivity contribution in [3.05, 3.63) is 63.6 Å². The molecule has 0 radical (unpaired) electrons. The predicted octanol–water partition coefficient (Wildman–Crippen LogP) is 4.06. The van der Waals surface area contributed by atoms with E-state index in [4.69, 9.17) is 0 Å². The summed E-state index contributed by atoms with van der Waals surface area (Å²) in [5, 5.41) is 13.9. The summed E-state index contributed by atoms with van der Waals surface area (Å²) in [4.78, 5) is 5.75. The molecular weight excluding hydrogens is 278 g/mol. The molecule has 0 spiro atoms. The van der Waals surface area contributed by atoms with E-state index in [1.165, 1.54) is 21.2 Å². The lowest BCUT2D eigenvalue weighted by atomic mass is 9.99. The van der Waals surface area contributed by atoms with E-state index in [1.807, 2.05) is 19.1 Å². The van der Waals surface area contributed by atoms with Gasteiger partial charge < -0.3 is 5.11 Å². The van der Waals surface area contributed by atoms with Gasteiger partial charge >= 0.3 is 0 Å². The zero-order valence-corrected chi connectivity index (χ0v) is 13.2.